The number of aliphatic carboxylic acids is 1. The summed E-state index contributed by atoms with van der Waals surface area (Å²) in [5.74, 6) is -1.96. The lowest BCUT2D eigenvalue weighted by molar-refractivity contribution is -0.135. The lowest BCUT2D eigenvalue weighted by atomic mass is 10.2. The highest BCUT2D eigenvalue weighted by molar-refractivity contribution is 7.71. The second kappa shape index (κ2) is 7.74. The van der Waals surface area contributed by atoms with Crippen LogP contribution in [0.1, 0.15) is 15.9 Å². The van der Waals surface area contributed by atoms with Crippen molar-refractivity contribution >= 4 is 36.0 Å². The van der Waals surface area contributed by atoms with E-state index in [1.807, 2.05) is 0 Å². The smallest absolute Gasteiger partial charge is 0.322 e. The topological polar surface area (TPSA) is 126 Å². The number of carbonyl (C=O) groups excluding carboxylic acids is 1. The maximum atomic E-state index is 12.2. The van der Waals surface area contributed by atoms with Gasteiger partial charge in [0.25, 0.3) is 11.5 Å². The van der Waals surface area contributed by atoms with Crippen molar-refractivity contribution < 1.29 is 19.8 Å². The van der Waals surface area contributed by atoms with Gasteiger partial charge in [0, 0.05) is 25.9 Å². The van der Waals surface area contributed by atoms with Crippen molar-refractivity contribution in [3.05, 3.63) is 50.5 Å². The van der Waals surface area contributed by atoms with Crippen LogP contribution in [0.2, 0.25) is 0 Å². The molecule has 26 heavy (non-hydrogen) atoms. The Labute approximate surface area is 152 Å². The van der Waals surface area contributed by atoms with Gasteiger partial charge in [-0.15, -0.1) is 0 Å². The Bertz CT molecular complexity index is 1010. The number of carboxylic acids is 1. The molecule has 0 aliphatic heterocycles. The zero-order valence-electron chi connectivity index (χ0n) is 14.0. The fourth-order valence-electron chi connectivity index (χ4n) is 2.07. The van der Waals surface area contributed by atoms with Crippen molar-refractivity contribution in [2.24, 2.45) is 19.1 Å². The van der Waals surface area contributed by atoms with Gasteiger partial charge in [-0.1, -0.05) is 0 Å². The first-order chi connectivity index (χ1) is 12.2. The third kappa shape index (κ3) is 4.03. The minimum atomic E-state index is -1.14. The summed E-state index contributed by atoms with van der Waals surface area (Å²) >= 11 is 5.03. The number of rotatable bonds is 5. The number of aromatic hydroxyl groups is 1. The fourth-order valence-corrected chi connectivity index (χ4v) is 2.24. The molecule has 3 N–H and O–H groups in total. The molecule has 0 saturated heterocycles. The van der Waals surface area contributed by atoms with Crippen LogP contribution in [0.25, 0.3) is 0 Å². The lowest BCUT2D eigenvalue weighted by Crippen LogP contribution is -2.29. The van der Waals surface area contributed by atoms with E-state index in [2.05, 4.69) is 10.3 Å². The molecule has 10 heteroatoms. The number of benzene rings is 1. The molecular formula is C16H16N4O5S. The summed E-state index contributed by atoms with van der Waals surface area (Å²) in [4.78, 5) is 38.5. The average molecular weight is 376 g/mol. The maximum Gasteiger partial charge on any atom is 0.322 e. The lowest BCUT2D eigenvalue weighted by Gasteiger charge is -2.09. The molecule has 1 amide bonds. The van der Waals surface area contributed by atoms with Crippen LogP contribution in [0.15, 0.2) is 34.1 Å². The van der Waals surface area contributed by atoms with Gasteiger partial charge in [-0.2, -0.15) is 0 Å². The minimum Gasteiger partial charge on any atom is -0.494 e. The summed E-state index contributed by atoms with van der Waals surface area (Å²) < 4.78 is 2.67. The van der Waals surface area contributed by atoms with Gasteiger partial charge >= 0.3 is 5.97 Å². The molecule has 136 valence electrons. The normalized spacial score (nSPS) is 10.8. The quantitative estimate of drug-likeness (QED) is 0.522. The summed E-state index contributed by atoms with van der Waals surface area (Å²) in [5, 5.41) is 20.9. The first-order valence-corrected chi connectivity index (χ1v) is 7.76. The van der Waals surface area contributed by atoms with Gasteiger partial charge in [-0.05, 0) is 36.5 Å². The molecule has 0 aliphatic rings. The van der Waals surface area contributed by atoms with Crippen LogP contribution >= 0.6 is 12.2 Å². The Morgan fingerprint density at radius 3 is 2.42 bits per heavy atom. The van der Waals surface area contributed by atoms with Crippen LogP contribution in [-0.4, -0.2) is 44.0 Å². The molecule has 0 bridgehead atoms. The van der Waals surface area contributed by atoms with Gasteiger partial charge in [-0.3, -0.25) is 28.5 Å². The van der Waals surface area contributed by atoms with Crippen LogP contribution in [0.3, 0.4) is 0 Å². The zero-order valence-corrected chi connectivity index (χ0v) is 14.8. The summed E-state index contributed by atoms with van der Waals surface area (Å²) in [6, 6.07) is 5.98. The molecule has 1 aromatic carbocycles. The van der Waals surface area contributed by atoms with Crippen LogP contribution < -0.4 is 10.9 Å². The van der Waals surface area contributed by atoms with E-state index in [0.717, 1.165) is 0 Å². The Morgan fingerprint density at radius 1 is 1.23 bits per heavy atom. The molecule has 0 atom stereocenters. The molecule has 2 aromatic rings. The molecule has 1 heterocycles. The van der Waals surface area contributed by atoms with Gasteiger partial charge in [0.05, 0.1) is 5.69 Å². The van der Waals surface area contributed by atoms with E-state index in [-0.39, 0.29) is 21.8 Å². The number of hydrogen-bond acceptors (Lipinski definition) is 6. The Kier molecular flexibility index (Phi) is 5.68. The maximum absolute atomic E-state index is 12.2. The van der Waals surface area contributed by atoms with Crippen LogP contribution in [0.4, 0.5) is 5.69 Å². The number of carboxylic acid groups (broad SMARTS) is 1. The van der Waals surface area contributed by atoms with Gasteiger partial charge in [0.1, 0.15) is 12.1 Å². The largest absolute Gasteiger partial charge is 0.494 e. The monoisotopic (exact) mass is 376 g/mol. The fraction of sp³-hybridized carbons (Fsp3) is 0.188. The third-order valence-corrected chi connectivity index (χ3v) is 4.09. The summed E-state index contributed by atoms with van der Waals surface area (Å²) in [6.07, 6.45) is 1.21. The van der Waals surface area contributed by atoms with Gasteiger partial charge in [0.15, 0.2) is 4.77 Å². The van der Waals surface area contributed by atoms with Gasteiger partial charge in [0.2, 0.25) is 5.88 Å². The molecule has 0 aliphatic carbocycles. The molecule has 1 aromatic heterocycles. The van der Waals surface area contributed by atoms with Crippen molar-refractivity contribution in [2.75, 3.05) is 6.54 Å². The van der Waals surface area contributed by atoms with E-state index in [0.29, 0.717) is 5.69 Å². The number of aromatic nitrogens is 2. The molecule has 0 radical (unpaired) electrons. The highest BCUT2D eigenvalue weighted by Gasteiger charge is 2.11. The molecule has 9 nitrogen and oxygen atoms in total. The molecule has 2 rings (SSSR count). The second-order valence-corrected chi connectivity index (χ2v) is 5.69. The molecule has 0 fully saturated rings. The van der Waals surface area contributed by atoms with Crippen molar-refractivity contribution in [3.63, 3.8) is 0 Å². The predicted octanol–water partition coefficient (Wildman–Crippen LogP) is 0.724. The number of aliphatic imine (C=N–C) groups is 1. The van der Waals surface area contributed by atoms with Gasteiger partial charge < -0.3 is 15.5 Å². The molecule has 0 spiro atoms. The van der Waals surface area contributed by atoms with Crippen LogP contribution in [-0.2, 0) is 18.9 Å². The first-order valence-electron chi connectivity index (χ1n) is 7.35. The Morgan fingerprint density at radius 2 is 1.85 bits per heavy atom. The van der Waals surface area contributed by atoms with E-state index >= 15 is 0 Å². The van der Waals surface area contributed by atoms with E-state index in [4.69, 9.17) is 17.3 Å². The van der Waals surface area contributed by atoms with Crippen molar-refractivity contribution in [1.82, 2.24) is 14.5 Å². The second-order valence-electron chi connectivity index (χ2n) is 5.32. The van der Waals surface area contributed by atoms with Crippen LogP contribution in [0.5, 0.6) is 5.88 Å². The van der Waals surface area contributed by atoms with E-state index in [9.17, 15) is 19.5 Å². The molecule has 0 saturated carbocycles. The predicted molar refractivity (Wildman–Crippen MR) is 96.8 cm³/mol. The highest BCUT2D eigenvalue weighted by Crippen LogP contribution is 2.15. The van der Waals surface area contributed by atoms with Gasteiger partial charge in [-0.25, -0.2) is 0 Å². The Hall–Kier alpha value is -3.27. The summed E-state index contributed by atoms with van der Waals surface area (Å²) in [7, 11) is 3.02. The number of nitrogens with zero attached hydrogens (tertiary/aromatic N) is 3. The van der Waals surface area contributed by atoms with Crippen LogP contribution in [0, 0.1) is 4.77 Å². The average Bonchev–Trinajstić information content (AvgIpc) is 2.63. The first kappa shape index (κ1) is 19.1. The SMILES string of the molecule is Cn1c(O)c(C=Nc2ccc(C(=O)NCC(=O)O)cc2)c(=O)n(C)c1=S. The highest BCUT2D eigenvalue weighted by atomic mass is 32.1. The van der Waals surface area contributed by atoms with Crippen molar-refractivity contribution in [1.29, 1.82) is 0 Å². The number of amides is 1. The summed E-state index contributed by atoms with van der Waals surface area (Å²) in [5.41, 5.74) is 0.197. The standard InChI is InChI=1S/C16H16N4O5S/c1-19-14(24)11(15(25)20(2)16(19)26)7-17-10-5-3-9(4-6-10)13(23)18-8-12(21)22/h3-7,24H,8H2,1-2H3,(H,18,23)(H,21,22). The van der Waals surface area contributed by atoms with E-state index in [1.54, 1.807) is 0 Å². The number of carbonyl (C=O) groups is 2. The molecular weight excluding hydrogens is 360 g/mol. The van der Waals surface area contributed by atoms with Crippen molar-refractivity contribution in [3.8, 4) is 5.88 Å². The molecule has 0 unspecified atom stereocenters. The number of nitrogens with one attached hydrogen (secondary N) is 1. The number of hydrogen-bond donors (Lipinski definition) is 3. The van der Waals surface area contributed by atoms with Crippen molar-refractivity contribution in [2.45, 2.75) is 0 Å². The minimum absolute atomic E-state index is 0.0214. The summed E-state index contributed by atoms with van der Waals surface area (Å²) in [6.45, 7) is -0.475. The Balaban J connectivity index is 2.25. The zero-order chi connectivity index (χ0) is 19.4. The van der Waals surface area contributed by atoms with E-state index < -0.39 is 24.0 Å². The van der Waals surface area contributed by atoms with E-state index in [1.165, 1.54) is 53.7 Å². The third-order valence-electron chi connectivity index (χ3n) is 3.54.